The second-order valence-electron chi connectivity index (χ2n) is 9.31. The number of ketones is 1. The van der Waals surface area contributed by atoms with E-state index in [0.717, 1.165) is 24.2 Å². The first-order valence-electron chi connectivity index (χ1n) is 13.3. The summed E-state index contributed by atoms with van der Waals surface area (Å²) in [6.07, 6.45) is 3.48. The molecule has 1 aliphatic rings. The van der Waals surface area contributed by atoms with Crippen molar-refractivity contribution in [3.05, 3.63) is 82.4 Å². The number of aryl methyl sites for hydroxylation is 1. The van der Waals surface area contributed by atoms with Crippen molar-refractivity contribution in [2.24, 2.45) is 0 Å². The fourth-order valence-electron chi connectivity index (χ4n) is 4.43. The van der Waals surface area contributed by atoms with Gasteiger partial charge in [-0.25, -0.2) is 9.78 Å². The molecule has 11 heteroatoms. The smallest absolute Gasteiger partial charge is 0.350 e. The molecule has 1 N–H and O–H groups in total. The van der Waals surface area contributed by atoms with Gasteiger partial charge in [-0.2, -0.15) is 0 Å². The Kier molecular flexibility index (Phi) is 9.64. The number of methoxy groups -OCH3 is 2. The number of amides is 1. The van der Waals surface area contributed by atoms with Crippen molar-refractivity contribution in [3.63, 3.8) is 0 Å². The van der Waals surface area contributed by atoms with Gasteiger partial charge in [0, 0.05) is 5.56 Å². The van der Waals surface area contributed by atoms with Crippen LogP contribution in [-0.2, 0) is 14.3 Å². The lowest BCUT2D eigenvalue weighted by atomic mass is 9.95. The third-order valence-electron chi connectivity index (χ3n) is 6.56. The quantitative estimate of drug-likeness (QED) is 0.0713. The third kappa shape index (κ3) is 6.01. The molecule has 1 fully saturated rings. The van der Waals surface area contributed by atoms with E-state index in [4.69, 9.17) is 18.9 Å². The van der Waals surface area contributed by atoms with Crippen LogP contribution in [0.5, 0.6) is 17.2 Å². The van der Waals surface area contributed by atoms with E-state index in [9.17, 15) is 19.5 Å². The molecule has 1 unspecified atom stereocenters. The Balaban J connectivity index is 1.86. The van der Waals surface area contributed by atoms with Crippen LogP contribution in [0.1, 0.15) is 52.3 Å². The lowest BCUT2D eigenvalue weighted by molar-refractivity contribution is -0.132. The Bertz CT molecular complexity index is 1530. The highest BCUT2D eigenvalue weighted by molar-refractivity contribution is 7.17. The molecule has 0 spiro atoms. The number of rotatable bonds is 12. The summed E-state index contributed by atoms with van der Waals surface area (Å²) in [6.45, 7) is 8.12. The van der Waals surface area contributed by atoms with Gasteiger partial charge in [0.05, 0.1) is 38.1 Å². The predicted molar refractivity (Wildman–Crippen MR) is 159 cm³/mol. The Morgan fingerprint density at radius 1 is 1.12 bits per heavy atom. The van der Waals surface area contributed by atoms with Crippen LogP contribution in [0.3, 0.4) is 0 Å². The highest BCUT2D eigenvalue weighted by Crippen LogP contribution is 2.45. The van der Waals surface area contributed by atoms with Gasteiger partial charge in [-0.05, 0) is 55.3 Å². The van der Waals surface area contributed by atoms with E-state index >= 15 is 0 Å². The van der Waals surface area contributed by atoms with Gasteiger partial charge >= 0.3 is 11.9 Å². The molecule has 2 aromatic carbocycles. The number of carbonyl (C=O) groups excluding carboxylic acids is 3. The molecule has 0 bridgehead atoms. The predicted octanol–water partition coefficient (Wildman–Crippen LogP) is 5.62. The standard InChI is InChI=1S/C31H32N2O8S/c1-6-8-16-40-21-12-9-19(10-13-21)26(34)24-25(20-11-14-22(41-15-7-2)23(17-20)38-4)33(29(36)27(24)35)31-32-18(3)28(42-31)30(37)39-5/h7,9-14,17,25,34H,2,6,8,15-16H2,1,3-5H3/b26-24-. The minimum atomic E-state index is -1.09. The Hall–Kier alpha value is -4.64. The topological polar surface area (TPSA) is 124 Å². The van der Waals surface area contributed by atoms with Gasteiger partial charge < -0.3 is 24.1 Å². The van der Waals surface area contributed by atoms with E-state index < -0.39 is 23.7 Å². The zero-order valence-electron chi connectivity index (χ0n) is 23.8. The monoisotopic (exact) mass is 592 g/mol. The maximum atomic E-state index is 13.6. The molecule has 1 saturated heterocycles. The van der Waals surface area contributed by atoms with Crippen molar-refractivity contribution >= 4 is 39.9 Å². The van der Waals surface area contributed by atoms with Crippen LogP contribution in [0.2, 0.25) is 0 Å². The summed E-state index contributed by atoms with van der Waals surface area (Å²) in [6, 6.07) is 10.5. The number of unbranched alkanes of at least 4 members (excludes halogenated alkanes) is 1. The number of Topliss-reactive ketones (excluding diaryl/α,β-unsaturated/α-hetero) is 1. The van der Waals surface area contributed by atoms with Crippen LogP contribution < -0.4 is 19.1 Å². The summed E-state index contributed by atoms with van der Waals surface area (Å²) in [5, 5.41) is 11.6. The SMILES string of the molecule is C=CCOc1ccc(C2/C(=C(/O)c3ccc(OCCCC)cc3)C(=O)C(=O)N2c2nc(C)c(C(=O)OC)s2)cc1OC. The zero-order valence-corrected chi connectivity index (χ0v) is 24.7. The number of thiazole rings is 1. The van der Waals surface area contributed by atoms with Crippen molar-refractivity contribution < 1.29 is 38.4 Å². The lowest BCUT2D eigenvalue weighted by Gasteiger charge is -2.24. The van der Waals surface area contributed by atoms with Gasteiger partial charge in [-0.15, -0.1) is 0 Å². The molecule has 1 amide bonds. The molecule has 1 aromatic heterocycles. The molecule has 0 radical (unpaired) electrons. The molecule has 42 heavy (non-hydrogen) atoms. The van der Waals surface area contributed by atoms with E-state index in [1.165, 1.54) is 19.1 Å². The van der Waals surface area contributed by atoms with E-state index in [1.54, 1.807) is 55.5 Å². The molecule has 10 nitrogen and oxygen atoms in total. The summed E-state index contributed by atoms with van der Waals surface area (Å²) in [7, 11) is 2.71. The highest BCUT2D eigenvalue weighted by Gasteiger charge is 2.48. The summed E-state index contributed by atoms with van der Waals surface area (Å²) >= 11 is 0.918. The molecule has 220 valence electrons. The van der Waals surface area contributed by atoms with E-state index in [0.29, 0.717) is 40.7 Å². The Morgan fingerprint density at radius 3 is 2.50 bits per heavy atom. The van der Waals surface area contributed by atoms with Crippen LogP contribution >= 0.6 is 11.3 Å². The van der Waals surface area contributed by atoms with Gasteiger partial charge in [-0.1, -0.05) is 43.4 Å². The van der Waals surface area contributed by atoms with Gasteiger partial charge in [0.15, 0.2) is 16.6 Å². The second kappa shape index (κ2) is 13.3. The molecule has 4 rings (SSSR count). The van der Waals surface area contributed by atoms with E-state index in [2.05, 4.69) is 18.5 Å². The first-order chi connectivity index (χ1) is 20.2. The number of hydrogen-bond donors (Lipinski definition) is 1. The van der Waals surface area contributed by atoms with Crippen molar-refractivity contribution in [1.82, 2.24) is 4.98 Å². The lowest BCUT2D eigenvalue weighted by Crippen LogP contribution is -2.29. The molecule has 1 atom stereocenters. The maximum absolute atomic E-state index is 13.6. The molecule has 0 saturated carbocycles. The Labute approximate surface area is 247 Å². The number of aliphatic hydroxyl groups excluding tert-OH is 1. The van der Waals surface area contributed by atoms with Crippen molar-refractivity contribution in [2.45, 2.75) is 32.7 Å². The number of nitrogens with zero attached hydrogens (tertiary/aromatic N) is 2. The average molecular weight is 593 g/mol. The van der Waals surface area contributed by atoms with Gasteiger partial charge in [0.1, 0.15) is 23.0 Å². The number of aromatic nitrogens is 1. The van der Waals surface area contributed by atoms with Gasteiger partial charge in [0.25, 0.3) is 5.78 Å². The molecule has 2 heterocycles. The third-order valence-corrected chi connectivity index (χ3v) is 7.70. The van der Waals surface area contributed by atoms with Crippen LogP contribution in [0.15, 0.2) is 60.7 Å². The average Bonchev–Trinajstić information content (AvgIpc) is 3.51. The fourth-order valence-corrected chi connectivity index (χ4v) is 5.45. The minimum absolute atomic E-state index is 0.102. The van der Waals surface area contributed by atoms with Crippen molar-refractivity contribution in [3.8, 4) is 17.2 Å². The largest absolute Gasteiger partial charge is 0.507 e. The summed E-state index contributed by atoms with van der Waals surface area (Å²) in [5.74, 6) is -1.40. The summed E-state index contributed by atoms with van der Waals surface area (Å²) < 4.78 is 21.8. The van der Waals surface area contributed by atoms with Crippen molar-refractivity contribution in [2.75, 3.05) is 32.3 Å². The maximum Gasteiger partial charge on any atom is 0.350 e. The first-order valence-corrected chi connectivity index (χ1v) is 14.1. The Morgan fingerprint density at radius 2 is 1.86 bits per heavy atom. The molecule has 1 aliphatic heterocycles. The van der Waals surface area contributed by atoms with Gasteiger partial charge in [-0.3, -0.25) is 14.5 Å². The number of hydrogen-bond acceptors (Lipinski definition) is 10. The molecular weight excluding hydrogens is 560 g/mol. The van der Waals surface area contributed by atoms with Crippen LogP contribution in [-0.4, -0.2) is 55.2 Å². The number of ether oxygens (including phenoxy) is 4. The van der Waals surface area contributed by atoms with E-state index in [-0.39, 0.29) is 27.9 Å². The summed E-state index contributed by atoms with van der Waals surface area (Å²) in [4.78, 5) is 45.2. The van der Waals surface area contributed by atoms with Crippen LogP contribution in [0, 0.1) is 6.92 Å². The van der Waals surface area contributed by atoms with Crippen LogP contribution in [0.25, 0.3) is 5.76 Å². The summed E-state index contributed by atoms with van der Waals surface area (Å²) in [5.41, 5.74) is 0.968. The number of anilines is 1. The fraction of sp³-hybridized carbons (Fsp3) is 0.290. The highest BCUT2D eigenvalue weighted by atomic mass is 32.1. The number of carbonyl (C=O) groups is 3. The van der Waals surface area contributed by atoms with Crippen LogP contribution in [0.4, 0.5) is 5.13 Å². The second-order valence-corrected chi connectivity index (χ2v) is 10.3. The number of aliphatic hydroxyl groups is 1. The van der Waals surface area contributed by atoms with Gasteiger partial charge in [0.2, 0.25) is 0 Å². The molecular formula is C31H32N2O8S. The minimum Gasteiger partial charge on any atom is -0.507 e. The number of benzene rings is 2. The first kappa shape index (κ1) is 30.3. The van der Waals surface area contributed by atoms with E-state index in [1.807, 2.05) is 0 Å². The van der Waals surface area contributed by atoms with Crippen molar-refractivity contribution in [1.29, 1.82) is 0 Å². The normalized spacial score (nSPS) is 15.9. The zero-order chi connectivity index (χ0) is 30.4. The molecule has 0 aliphatic carbocycles. The molecule has 3 aromatic rings. The number of esters is 1.